The summed E-state index contributed by atoms with van der Waals surface area (Å²) in [6, 6.07) is 9.66. The van der Waals surface area contributed by atoms with Gasteiger partial charge in [-0.15, -0.1) is 0 Å². The summed E-state index contributed by atoms with van der Waals surface area (Å²) in [6.45, 7) is 2.22. The molecule has 1 atom stereocenters. The molecule has 0 aromatic heterocycles. The maximum absolute atomic E-state index is 11.1. The summed E-state index contributed by atoms with van der Waals surface area (Å²) in [4.78, 5) is 11.1. The van der Waals surface area contributed by atoms with E-state index in [0.717, 1.165) is 5.56 Å². The first kappa shape index (κ1) is 15.4. The Morgan fingerprint density at radius 2 is 2.05 bits per heavy atom. The van der Waals surface area contributed by atoms with E-state index < -0.39 is 6.09 Å². The Balaban J connectivity index is 2.24. The van der Waals surface area contributed by atoms with Crippen LogP contribution in [-0.2, 0) is 15.9 Å². The van der Waals surface area contributed by atoms with Crippen molar-refractivity contribution in [1.29, 1.82) is 0 Å². The highest BCUT2D eigenvalue weighted by Crippen LogP contribution is 2.02. The van der Waals surface area contributed by atoms with Crippen LogP contribution in [0.3, 0.4) is 0 Å². The Hall–Kier alpha value is -1.66. The van der Waals surface area contributed by atoms with Gasteiger partial charge in [0.15, 0.2) is 0 Å². The first-order valence-corrected chi connectivity index (χ1v) is 6.42. The van der Waals surface area contributed by atoms with Gasteiger partial charge in [-0.2, -0.15) is 0 Å². The second kappa shape index (κ2) is 8.44. The van der Waals surface area contributed by atoms with E-state index >= 15 is 0 Å². The third-order valence-electron chi connectivity index (χ3n) is 2.25. The Labute approximate surface area is 118 Å². The fourth-order valence-corrected chi connectivity index (χ4v) is 1.60. The monoisotopic (exact) mass is 282 g/mol. The Kier molecular flexibility index (Phi) is 6.84. The minimum atomic E-state index is -0.621. The van der Waals surface area contributed by atoms with Crippen LogP contribution < -0.4 is 11.1 Å². The molecule has 0 saturated carbocycles. The standard InChI is InChI=1S/C13H18N2O3S/c1-2-17-12(16)15-13(19)18-9-11(14)8-10-6-4-3-5-7-10/h3-7,11H,2,8-9,14H2,1H3,(H,15,16,19)/t11-/m0/s1. The molecule has 1 aromatic rings. The number of amides is 1. The van der Waals surface area contributed by atoms with Crippen molar-refractivity contribution in [2.45, 2.75) is 19.4 Å². The number of carbonyl (C=O) groups is 1. The fraction of sp³-hybridized carbons (Fsp3) is 0.385. The third-order valence-corrected chi connectivity index (χ3v) is 2.47. The number of nitrogens with one attached hydrogen (secondary N) is 1. The summed E-state index contributed by atoms with van der Waals surface area (Å²) in [5, 5.41) is 2.27. The number of thiocarbonyl (C=S) groups is 1. The molecule has 6 heteroatoms. The number of nitrogens with two attached hydrogens (primary N) is 1. The van der Waals surface area contributed by atoms with Gasteiger partial charge in [-0.1, -0.05) is 30.3 Å². The van der Waals surface area contributed by atoms with Gasteiger partial charge >= 0.3 is 6.09 Å². The number of carbonyl (C=O) groups excluding carboxylic acids is 1. The van der Waals surface area contributed by atoms with Gasteiger partial charge in [0.1, 0.15) is 6.61 Å². The summed E-state index contributed by atoms with van der Waals surface area (Å²) in [6.07, 6.45) is 0.0622. The Morgan fingerprint density at radius 1 is 1.37 bits per heavy atom. The maximum Gasteiger partial charge on any atom is 0.414 e. The molecule has 0 spiro atoms. The van der Waals surface area contributed by atoms with Crippen LogP contribution in [0.2, 0.25) is 0 Å². The van der Waals surface area contributed by atoms with Gasteiger partial charge in [-0.05, 0) is 31.1 Å². The summed E-state index contributed by atoms with van der Waals surface area (Å²) >= 11 is 4.84. The summed E-state index contributed by atoms with van der Waals surface area (Å²) in [5.74, 6) is 0. The van der Waals surface area contributed by atoms with Crippen LogP contribution in [-0.4, -0.2) is 30.5 Å². The predicted molar refractivity (Wildman–Crippen MR) is 76.8 cm³/mol. The van der Waals surface area contributed by atoms with Gasteiger partial charge in [-0.25, -0.2) is 4.79 Å². The molecule has 1 amide bonds. The van der Waals surface area contributed by atoms with Crippen LogP contribution in [0.5, 0.6) is 0 Å². The summed E-state index contributed by atoms with van der Waals surface area (Å²) < 4.78 is 9.85. The van der Waals surface area contributed by atoms with E-state index in [1.54, 1.807) is 6.92 Å². The molecule has 0 aliphatic heterocycles. The first-order valence-electron chi connectivity index (χ1n) is 6.02. The van der Waals surface area contributed by atoms with Crippen LogP contribution in [0.4, 0.5) is 4.79 Å². The molecule has 0 aliphatic rings. The Morgan fingerprint density at radius 3 is 2.68 bits per heavy atom. The van der Waals surface area contributed by atoms with Gasteiger partial charge in [0.25, 0.3) is 5.17 Å². The van der Waals surface area contributed by atoms with Crippen molar-refractivity contribution in [2.75, 3.05) is 13.2 Å². The van der Waals surface area contributed by atoms with E-state index in [4.69, 9.17) is 22.7 Å². The van der Waals surface area contributed by atoms with Crippen LogP contribution in [0, 0.1) is 0 Å². The third kappa shape index (κ3) is 6.73. The van der Waals surface area contributed by atoms with Crippen molar-refractivity contribution in [3.63, 3.8) is 0 Å². The number of benzene rings is 1. The van der Waals surface area contributed by atoms with Crippen LogP contribution >= 0.6 is 12.2 Å². The van der Waals surface area contributed by atoms with E-state index in [1.165, 1.54) is 0 Å². The van der Waals surface area contributed by atoms with E-state index in [1.807, 2.05) is 30.3 Å². The lowest BCUT2D eigenvalue weighted by molar-refractivity contribution is 0.154. The van der Waals surface area contributed by atoms with E-state index in [9.17, 15) is 4.79 Å². The second-order valence-corrected chi connectivity index (χ2v) is 4.26. The molecule has 104 valence electrons. The molecule has 5 nitrogen and oxygen atoms in total. The molecule has 0 aliphatic carbocycles. The lowest BCUT2D eigenvalue weighted by atomic mass is 10.1. The van der Waals surface area contributed by atoms with Gasteiger partial charge < -0.3 is 15.2 Å². The van der Waals surface area contributed by atoms with Gasteiger partial charge in [-0.3, -0.25) is 5.32 Å². The second-order valence-electron chi connectivity index (χ2n) is 3.89. The van der Waals surface area contributed by atoms with E-state index in [2.05, 4.69) is 10.1 Å². The van der Waals surface area contributed by atoms with Crippen LogP contribution in [0.1, 0.15) is 12.5 Å². The smallest absolute Gasteiger partial charge is 0.414 e. The predicted octanol–water partition coefficient (Wildman–Crippen LogP) is 1.60. The maximum atomic E-state index is 11.1. The van der Waals surface area contributed by atoms with Crippen molar-refractivity contribution in [2.24, 2.45) is 5.73 Å². The minimum absolute atomic E-state index is 0.0260. The fourth-order valence-electron chi connectivity index (χ4n) is 1.45. The molecule has 19 heavy (non-hydrogen) atoms. The quantitative estimate of drug-likeness (QED) is 0.803. The van der Waals surface area contributed by atoms with Gasteiger partial charge in [0.05, 0.1) is 6.61 Å². The zero-order chi connectivity index (χ0) is 14.1. The molecular formula is C13H18N2O3S. The van der Waals surface area contributed by atoms with Crippen LogP contribution in [0.25, 0.3) is 0 Å². The number of hydrogen-bond acceptors (Lipinski definition) is 5. The molecular weight excluding hydrogens is 264 g/mol. The SMILES string of the molecule is CCOC(=O)NC(=S)OC[C@@H](N)Cc1ccccc1. The summed E-state index contributed by atoms with van der Waals surface area (Å²) in [7, 11) is 0. The normalized spacial score (nSPS) is 11.5. The average Bonchev–Trinajstić information content (AvgIpc) is 2.38. The highest BCUT2D eigenvalue weighted by molar-refractivity contribution is 7.80. The molecule has 0 fully saturated rings. The highest BCUT2D eigenvalue weighted by Gasteiger charge is 2.09. The topological polar surface area (TPSA) is 73.6 Å². The molecule has 0 radical (unpaired) electrons. The van der Waals surface area contributed by atoms with Gasteiger partial charge in [0.2, 0.25) is 0 Å². The molecule has 3 N–H and O–H groups in total. The highest BCUT2D eigenvalue weighted by atomic mass is 32.1. The van der Waals surface area contributed by atoms with E-state index in [-0.39, 0.29) is 24.4 Å². The minimum Gasteiger partial charge on any atom is -0.469 e. The van der Waals surface area contributed by atoms with Crippen LogP contribution in [0.15, 0.2) is 30.3 Å². The lowest BCUT2D eigenvalue weighted by Crippen LogP contribution is -2.36. The van der Waals surface area contributed by atoms with E-state index in [0.29, 0.717) is 6.42 Å². The average molecular weight is 282 g/mol. The first-order chi connectivity index (χ1) is 9.11. The zero-order valence-electron chi connectivity index (χ0n) is 10.8. The molecule has 0 heterocycles. The van der Waals surface area contributed by atoms with Gasteiger partial charge in [0, 0.05) is 6.04 Å². The Bertz CT molecular complexity index is 412. The molecule has 0 saturated heterocycles. The molecule has 1 aromatic carbocycles. The number of rotatable bonds is 5. The van der Waals surface area contributed by atoms with Crippen molar-refractivity contribution < 1.29 is 14.3 Å². The number of hydrogen-bond donors (Lipinski definition) is 2. The number of ether oxygens (including phenoxy) is 2. The molecule has 0 bridgehead atoms. The zero-order valence-corrected chi connectivity index (χ0v) is 11.6. The van der Waals surface area contributed by atoms with Crippen molar-refractivity contribution in [3.05, 3.63) is 35.9 Å². The van der Waals surface area contributed by atoms with Crippen molar-refractivity contribution in [1.82, 2.24) is 5.32 Å². The van der Waals surface area contributed by atoms with Crippen molar-refractivity contribution >= 4 is 23.5 Å². The number of alkyl carbamates (subject to hydrolysis) is 1. The molecule has 0 unspecified atom stereocenters. The largest absolute Gasteiger partial charge is 0.469 e. The summed E-state index contributed by atoms with van der Waals surface area (Å²) in [5.41, 5.74) is 7.04. The molecule has 1 rings (SSSR count). The van der Waals surface area contributed by atoms with Crippen molar-refractivity contribution in [3.8, 4) is 0 Å². The lowest BCUT2D eigenvalue weighted by Gasteiger charge is -2.14.